The molecule has 23 heavy (non-hydrogen) atoms. The van der Waals surface area contributed by atoms with Gasteiger partial charge in [0.25, 0.3) is 0 Å². The molecule has 0 fully saturated rings. The fourth-order valence-corrected chi connectivity index (χ4v) is 1.72. The van der Waals surface area contributed by atoms with Gasteiger partial charge in [0.15, 0.2) is 0 Å². The first-order valence-electron chi connectivity index (χ1n) is 7.02. The normalized spacial score (nSPS) is 11.2. The summed E-state index contributed by atoms with van der Waals surface area (Å²) in [6.45, 7) is 5.52. The third kappa shape index (κ3) is 4.57. The number of anilines is 1. The fraction of sp³-hybridized carbons (Fsp3) is 0.250. The molecule has 120 valence electrons. The summed E-state index contributed by atoms with van der Waals surface area (Å²) >= 11 is 0. The first-order valence-corrected chi connectivity index (χ1v) is 7.02. The summed E-state index contributed by atoms with van der Waals surface area (Å²) in [6.07, 6.45) is 3.21. The molecule has 0 bridgehead atoms. The highest BCUT2D eigenvalue weighted by Crippen LogP contribution is 2.14. The minimum atomic E-state index is -0.264. The number of hydrogen-bond donors (Lipinski definition) is 2. The Morgan fingerprint density at radius 2 is 2.13 bits per heavy atom. The Labute approximate surface area is 133 Å². The van der Waals surface area contributed by atoms with Gasteiger partial charge in [-0.15, -0.1) is 0 Å². The lowest BCUT2D eigenvalue weighted by Gasteiger charge is -2.07. The predicted octanol–water partition coefficient (Wildman–Crippen LogP) is 3.90. The number of benzene rings is 1. The molecular formula is C16H18FN5O. The highest BCUT2D eigenvalue weighted by Gasteiger charge is 2.04. The van der Waals surface area contributed by atoms with Crippen LogP contribution in [-0.2, 0) is 0 Å². The Hall–Kier alpha value is -2.83. The Bertz CT molecular complexity index is 745. The number of aromatic nitrogens is 2. The summed E-state index contributed by atoms with van der Waals surface area (Å²) < 4.78 is 18.6. The van der Waals surface area contributed by atoms with E-state index in [4.69, 9.17) is 10.3 Å². The van der Waals surface area contributed by atoms with Gasteiger partial charge in [-0.3, -0.25) is 0 Å². The van der Waals surface area contributed by atoms with Crippen molar-refractivity contribution in [2.24, 2.45) is 5.11 Å². The van der Waals surface area contributed by atoms with E-state index in [0.29, 0.717) is 16.9 Å². The molecule has 1 aromatic heterocycles. The van der Waals surface area contributed by atoms with Crippen LogP contribution in [-0.4, -0.2) is 16.6 Å². The van der Waals surface area contributed by atoms with E-state index in [2.05, 4.69) is 20.4 Å². The number of hydrogen-bond acceptors (Lipinski definition) is 6. The molecule has 0 amide bonds. The van der Waals surface area contributed by atoms with Crippen molar-refractivity contribution in [3.63, 3.8) is 0 Å². The maximum Gasteiger partial charge on any atom is 0.316 e. The van der Waals surface area contributed by atoms with E-state index in [9.17, 15) is 4.39 Å². The van der Waals surface area contributed by atoms with E-state index in [1.54, 1.807) is 25.3 Å². The zero-order valence-electron chi connectivity index (χ0n) is 13.2. The maximum absolute atomic E-state index is 13.2. The number of nitrogens with zero attached hydrogens (tertiary/aromatic N) is 3. The summed E-state index contributed by atoms with van der Waals surface area (Å²) in [4.78, 5) is 8.25. The summed E-state index contributed by atoms with van der Waals surface area (Å²) in [6, 6.07) is 4.89. The van der Waals surface area contributed by atoms with E-state index in [1.165, 1.54) is 12.3 Å². The predicted molar refractivity (Wildman–Crippen MR) is 85.0 cm³/mol. The quantitative estimate of drug-likeness (QED) is 0.792. The summed E-state index contributed by atoms with van der Waals surface area (Å²) in [5.74, 6) is -0.264. The first kappa shape index (κ1) is 16.5. The molecule has 0 unspecified atom stereocenters. The third-order valence-corrected chi connectivity index (χ3v) is 3.26. The molecule has 1 heterocycles. The van der Waals surface area contributed by atoms with Crippen LogP contribution < -0.4 is 10.1 Å². The van der Waals surface area contributed by atoms with Gasteiger partial charge in [0.05, 0.1) is 0 Å². The number of aryl methyl sites for hydroxylation is 3. The van der Waals surface area contributed by atoms with Crippen molar-refractivity contribution >= 4 is 5.69 Å². The Balaban J connectivity index is 1.99. The van der Waals surface area contributed by atoms with Gasteiger partial charge in [-0.1, -0.05) is 0 Å². The molecule has 0 radical (unpaired) electrons. The highest BCUT2D eigenvalue weighted by molar-refractivity contribution is 5.48. The van der Waals surface area contributed by atoms with Crippen LogP contribution in [0.25, 0.3) is 0 Å². The molecule has 0 spiro atoms. The van der Waals surface area contributed by atoms with E-state index in [-0.39, 0.29) is 18.4 Å². The molecule has 6 nitrogen and oxygen atoms in total. The molecule has 2 rings (SSSR count). The molecule has 0 saturated heterocycles. The average molecular weight is 315 g/mol. The third-order valence-electron chi connectivity index (χ3n) is 3.26. The molecule has 0 atom stereocenters. The number of halogens is 1. The Kier molecular flexibility index (Phi) is 5.35. The van der Waals surface area contributed by atoms with Crippen molar-refractivity contribution in [1.29, 1.82) is 5.53 Å². The molecule has 2 N–H and O–H groups in total. The van der Waals surface area contributed by atoms with E-state index in [1.807, 2.05) is 13.8 Å². The van der Waals surface area contributed by atoms with Gasteiger partial charge in [-0.2, -0.15) is 5.11 Å². The molecule has 0 saturated carbocycles. The topological polar surface area (TPSA) is 83.2 Å². The van der Waals surface area contributed by atoms with Crippen LogP contribution in [0.3, 0.4) is 0 Å². The van der Waals surface area contributed by atoms with Gasteiger partial charge in [-0.25, -0.2) is 19.9 Å². The molecule has 1 aromatic carbocycles. The molecule has 0 aliphatic carbocycles. The average Bonchev–Trinajstić information content (AvgIpc) is 2.54. The van der Waals surface area contributed by atoms with Crippen LogP contribution in [0.2, 0.25) is 0 Å². The second-order valence-electron chi connectivity index (χ2n) is 5.07. The monoisotopic (exact) mass is 315 g/mol. The molecule has 0 aliphatic heterocycles. The van der Waals surface area contributed by atoms with Crippen LogP contribution >= 0.6 is 0 Å². The summed E-state index contributed by atoms with van der Waals surface area (Å²) in [5, 5.41) is 6.35. The smallest absolute Gasteiger partial charge is 0.316 e. The van der Waals surface area contributed by atoms with E-state index in [0.717, 1.165) is 11.3 Å². The van der Waals surface area contributed by atoms with Gasteiger partial charge < -0.3 is 10.1 Å². The van der Waals surface area contributed by atoms with Gasteiger partial charge in [0.1, 0.15) is 18.1 Å². The summed E-state index contributed by atoms with van der Waals surface area (Å²) in [7, 11) is 0. The van der Waals surface area contributed by atoms with Crippen LogP contribution in [0.4, 0.5) is 10.1 Å². The lowest BCUT2D eigenvalue weighted by Crippen LogP contribution is -2.05. The highest BCUT2D eigenvalue weighted by atomic mass is 19.1. The zero-order valence-corrected chi connectivity index (χ0v) is 13.2. The van der Waals surface area contributed by atoms with Crippen LogP contribution in [0.15, 0.2) is 41.4 Å². The van der Waals surface area contributed by atoms with Crippen molar-refractivity contribution < 1.29 is 9.13 Å². The Morgan fingerprint density at radius 3 is 2.78 bits per heavy atom. The van der Waals surface area contributed by atoms with Crippen molar-refractivity contribution in [3.05, 3.63) is 58.9 Å². The van der Waals surface area contributed by atoms with Crippen LogP contribution in [0.1, 0.15) is 16.8 Å². The molecular weight excluding hydrogens is 297 g/mol. The van der Waals surface area contributed by atoms with Gasteiger partial charge in [-0.05, 0) is 50.1 Å². The largest absolute Gasteiger partial charge is 0.457 e. The number of rotatable bonds is 6. The van der Waals surface area contributed by atoms with E-state index >= 15 is 0 Å². The minimum Gasteiger partial charge on any atom is -0.457 e. The van der Waals surface area contributed by atoms with E-state index < -0.39 is 0 Å². The van der Waals surface area contributed by atoms with Crippen molar-refractivity contribution in [3.8, 4) is 6.01 Å². The summed E-state index contributed by atoms with van der Waals surface area (Å²) in [5.41, 5.74) is 10.6. The molecule has 0 aliphatic rings. The van der Waals surface area contributed by atoms with Crippen molar-refractivity contribution in [2.45, 2.75) is 20.8 Å². The van der Waals surface area contributed by atoms with Crippen molar-refractivity contribution in [1.82, 2.24) is 9.97 Å². The standard InChI is InChI=1S/C16H18FN5O/c1-10-6-13(4-5-15(10)17)19-8-14(22-18)9-23-16-20-7-11(2)12(3)21-16/h4-8,18-19H,9H2,1-3H3/b14-8-,22-18?. The van der Waals surface area contributed by atoms with Crippen molar-refractivity contribution in [2.75, 3.05) is 11.9 Å². The zero-order chi connectivity index (χ0) is 16.8. The molecule has 2 aromatic rings. The van der Waals surface area contributed by atoms with Gasteiger partial charge in [0.2, 0.25) is 0 Å². The lowest BCUT2D eigenvalue weighted by molar-refractivity contribution is 0.319. The first-order chi connectivity index (χ1) is 11.0. The number of ether oxygens (including phenoxy) is 1. The molecule has 7 heteroatoms. The van der Waals surface area contributed by atoms with Gasteiger partial charge in [0, 0.05) is 23.8 Å². The maximum atomic E-state index is 13.2. The SMILES string of the molecule is Cc1cc(N/C=C(/COc2ncc(C)c(C)n2)N=N)ccc1F. The van der Waals surface area contributed by atoms with Crippen LogP contribution in [0, 0.1) is 32.1 Å². The lowest BCUT2D eigenvalue weighted by atomic mass is 10.2. The van der Waals surface area contributed by atoms with Gasteiger partial charge >= 0.3 is 6.01 Å². The fourth-order valence-electron chi connectivity index (χ4n) is 1.72. The van der Waals surface area contributed by atoms with Crippen LogP contribution in [0.5, 0.6) is 6.01 Å². The second-order valence-corrected chi connectivity index (χ2v) is 5.07. The second kappa shape index (κ2) is 7.44. The Morgan fingerprint density at radius 1 is 1.35 bits per heavy atom. The minimum absolute atomic E-state index is 0.0547. The number of nitrogens with one attached hydrogen (secondary N) is 2.